The zero-order chi connectivity index (χ0) is 67.9. The summed E-state index contributed by atoms with van der Waals surface area (Å²) in [5, 5.41) is 46.7. The maximum absolute atomic E-state index is 8.37. The van der Waals surface area contributed by atoms with Crippen LogP contribution < -0.4 is 0 Å². The number of H-pyrrole nitrogens is 4. The van der Waals surface area contributed by atoms with E-state index in [2.05, 4.69) is 172 Å². The van der Waals surface area contributed by atoms with Crippen LogP contribution >= 0.6 is 45.3 Å². The molecule has 12 aromatic rings. The van der Waals surface area contributed by atoms with Crippen molar-refractivity contribution in [2.45, 2.75) is 170 Å². The van der Waals surface area contributed by atoms with Gasteiger partial charge in [0.2, 0.25) is 0 Å². The van der Waals surface area contributed by atoms with Gasteiger partial charge in [0, 0.05) is 149 Å². The Labute approximate surface area is 628 Å². The number of aromatic nitrogens is 4. The molecule has 4 aliphatic heterocycles. The molecule has 103 heavy (non-hydrogen) atoms. The first-order valence-corrected chi connectivity index (χ1v) is 39.2. The summed E-state index contributed by atoms with van der Waals surface area (Å²) in [6.07, 6.45) is 32.6. The van der Waals surface area contributed by atoms with Gasteiger partial charge in [-0.05, 0) is 256 Å². The van der Waals surface area contributed by atoms with Crippen LogP contribution in [-0.2, 0) is 38.5 Å². The molecule has 5 atom stereocenters. The monoisotopic (exact) mass is 1450 g/mol. The second-order valence-corrected chi connectivity index (χ2v) is 32.0. The number of nitrogens with one attached hydrogen (secondary N) is 8. The van der Waals surface area contributed by atoms with E-state index in [-0.39, 0.29) is 29.7 Å². The number of rotatable bonds is 19. The highest BCUT2D eigenvalue weighted by Crippen LogP contribution is 2.41. The standard InChI is InChI=1S/C22H23N3S.C22H24N2S.2C20H23N3S.4CH4/c1-25-16-5-6-17(25)12-15(11-16)19-13-24-21-7-4-14(9-18(19)21)10-20(23)22-3-2-8-26-22;1-2-15-5-8-17(9-6-15)19-14-24-21-10-7-16(12-18(19)21)13-20(23)22-4-3-11-25-22;2*1-23-8-2-4-16(23)12-15-13-22-19-7-6-14(10-17(15)19)11-18(21)20-5-3-9-24-20;;;;/h2-4,7-9,11,13,16-17,23-24H,5-6,10,12H2,1H3;3-4,7-8,10-12,14-15,23-24H,2,5-6,9,13H2,1H3;2*3,5-7,9-10,13,16,21-22H,2,4,8,11-12H2,1H3;4*1H4/t;;2*16-;;;;/m..10..../s1. The van der Waals surface area contributed by atoms with Gasteiger partial charge in [0.15, 0.2) is 0 Å². The lowest BCUT2D eigenvalue weighted by molar-refractivity contribution is 0.264. The number of benzene rings is 4. The summed E-state index contributed by atoms with van der Waals surface area (Å²) in [7, 11) is 6.74. The van der Waals surface area contributed by atoms with Crippen molar-refractivity contribution >= 4 is 123 Å². The average molecular weight is 1450 g/mol. The minimum Gasteiger partial charge on any atom is -0.361 e. The van der Waals surface area contributed by atoms with Gasteiger partial charge in [0.05, 0.1) is 22.8 Å². The van der Waals surface area contributed by atoms with Gasteiger partial charge in [-0.2, -0.15) is 0 Å². The first kappa shape index (κ1) is 77.5. The molecule has 0 saturated carbocycles. The van der Waals surface area contributed by atoms with Gasteiger partial charge >= 0.3 is 0 Å². The maximum Gasteiger partial charge on any atom is 0.0529 e. The third-order valence-corrected chi connectivity index (χ3v) is 25.5. The van der Waals surface area contributed by atoms with E-state index in [0.29, 0.717) is 72.7 Å². The number of hydrogen-bond donors (Lipinski definition) is 8. The molecule has 0 amide bonds. The molecule has 3 unspecified atom stereocenters. The lowest BCUT2D eigenvalue weighted by atomic mass is 9.85. The first-order valence-electron chi connectivity index (χ1n) is 35.7. The first-order chi connectivity index (χ1) is 48.3. The summed E-state index contributed by atoms with van der Waals surface area (Å²) >= 11 is 6.58. The molecule has 3 saturated heterocycles. The third-order valence-electron chi connectivity index (χ3n) is 21.7. The Balaban J connectivity index is 0.000000146. The number of fused-ring (bicyclic) bond motifs is 6. The molecule has 8 N–H and O–H groups in total. The fourth-order valence-electron chi connectivity index (χ4n) is 15.8. The van der Waals surface area contributed by atoms with Crippen molar-refractivity contribution < 1.29 is 0 Å². The van der Waals surface area contributed by atoms with Crippen molar-refractivity contribution in [3.63, 3.8) is 0 Å². The number of likely N-dealkylation sites (tertiary alicyclic amines) is 2. The molecule has 15 heteroatoms. The molecule has 0 spiro atoms. The lowest BCUT2D eigenvalue weighted by Gasteiger charge is -2.30. The second kappa shape index (κ2) is 35.6. The zero-order valence-corrected chi connectivity index (χ0v) is 60.9. The van der Waals surface area contributed by atoms with E-state index in [1.54, 1.807) is 45.3 Å². The molecular formula is C88H109N11S4. The van der Waals surface area contributed by atoms with Crippen LogP contribution in [0, 0.1) is 27.6 Å². The van der Waals surface area contributed by atoms with Gasteiger partial charge in [-0.15, -0.1) is 45.3 Å². The summed E-state index contributed by atoms with van der Waals surface area (Å²) in [6, 6.07) is 45.2. The lowest BCUT2D eigenvalue weighted by Crippen LogP contribution is -2.34. The highest BCUT2D eigenvalue weighted by atomic mass is 32.1. The van der Waals surface area contributed by atoms with Crippen LogP contribution in [-0.4, -0.2) is 116 Å². The van der Waals surface area contributed by atoms with Crippen LogP contribution in [0.25, 0.3) is 54.8 Å². The smallest absolute Gasteiger partial charge is 0.0529 e. The highest BCUT2D eigenvalue weighted by Gasteiger charge is 2.35. The van der Waals surface area contributed by atoms with E-state index in [1.165, 1.54) is 177 Å². The van der Waals surface area contributed by atoms with E-state index in [0.717, 1.165) is 44.7 Å². The Morgan fingerprint density at radius 1 is 0.456 bits per heavy atom. The van der Waals surface area contributed by atoms with Crippen molar-refractivity contribution in [2.75, 3.05) is 34.2 Å². The molecule has 17 rings (SSSR count). The molecule has 5 aliphatic rings. The summed E-state index contributed by atoms with van der Waals surface area (Å²) in [6.45, 7) is 4.73. The number of allylic oxidation sites excluding steroid dienone is 2. The van der Waals surface area contributed by atoms with Crippen LogP contribution in [0.2, 0.25) is 0 Å². The molecule has 4 aromatic carbocycles. The largest absolute Gasteiger partial charge is 0.361 e. The van der Waals surface area contributed by atoms with Gasteiger partial charge in [0.1, 0.15) is 0 Å². The van der Waals surface area contributed by atoms with E-state index in [9.17, 15) is 0 Å². The Hall–Kier alpha value is -8.12. The van der Waals surface area contributed by atoms with Crippen molar-refractivity contribution in [1.29, 1.82) is 21.6 Å². The summed E-state index contributed by atoms with van der Waals surface area (Å²) in [5.41, 5.74) is 21.0. The summed E-state index contributed by atoms with van der Waals surface area (Å²) in [4.78, 5) is 25.5. The summed E-state index contributed by atoms with van der Waals surface area (Å²) < 4.78 is 0. The van der Waals surface area contributed by atoms with E-state index < -0.39 is 0 Å². The predicted octanol–water partition coefficient (Wildman–Crippen LogP) is 23.0. The fraction of sp³-hybridized carbons (Fsp3) is 0.364. The molecule has 3 fully saturated rings. The Bertz CT molecular complexity index is 4670. The van der Waals surface area contributed by atoms with Crippen molar-refractivity contribution in [2.24, 2.45) is 5.92 Å². The number of thiophene rings is 4. The Kier molecular flexibility index (Phi) is 26.8. The van der Waals surface area contributed by atoms with Crippen molar-refractivity contribution in [1.82, 2.24) is 34.6 Å². The van der Waals surface area contributed by atoms with Crippen LogP contribution in [0.1, 0.15) is 171 Å². The van der Waals surface area contributed by atoms with Gasteiger partial charge in [-0.3, -0.25) is 4.90 Å². The number of likely N-dealkylation sites (N-methyl/N-ethyl adjacent to an activating group) is 3. The topological polar surface area (TPSA) is 168 Å². The molecule has 0 radical (unpaired) electrons. The van der Waals surface area contributed by atoms with Crippen LogP contribution in [0.4, 0.5) is 0 Å². The quantitative estimate of drug-likeness (QED) is 0.0378. The Morgan fingerprint density at radius 2 is 0.845 bits per heavy atom. The molecule has 1 aliphatic carbocycles. The highest BCUT2D eigenvalue weighted by molar-refractivity contribution is 7.13. The van der Waals surface area contributed by atoms with Crippen LogP contribution in [0.3, 0.4) is 0 Å². The predicted molar refractivity (Wildman–Crippen MR) is 451 cm³/mol. The van der Waals surface area contributed by atoms with Crippen LogP contribution in [0.5, 0.6) is 0 Å². The van der Waals surface area contributed by atoms with Crippen LogP contribution in [0.15, 0.2) is 180 Å². The normalized spacial score (nSPS) is 18.6. The van der Waals surface area contributed by atoms with E-state index in [4.69, 9.17) is 21.6 Å². The fourth-order valence-corrected chi connectivity index (χ4v) is 18.5. The van der Waals surface area contributed by atoms with Gasteiger partial charge in [-0.25, -0.2) is 0 Å². The van der Waals surface area contributed by atoms with Crippen molar-refractivity contribution in [3.8, 4) is 0 Å². The SMILES string of the molecule is C.C.C.C.CCC1CC=C(c2c[nH]c3ccc(CC(=N)c4cccs4)cc23)CC1.CN1C2C=C(c3c[nH]c4ccc(CC(=N)c5cccs5)cc34)CC1CC2.CN1CCC[C@@H]1Cc1c[nH]c2ccc(CC(=N)c3cccs3)cc12.CN1CCC[C@H]1Cc1c[nH]c2ccc(CC(=N)c3cccs3)cc12. The molecule has 8 aromatic heterocycles. The molecule has 11 nitrogen and oxygen atoms in total. The third kappa shape index (κ3) is 18.2. The minimum atomic E-state index is 0. The molecule has 540 valence electrons. The number of nitrogens with zero attached hydrogens (tertiary/aromatic N) is 3. The Morgan fingerprint density at radius 3 is 1.19 bits per heavy atom. The number of hydrogen-bond acceptors (Lipinski definition) is 11. The van der Waals surface area contributed by atoms with Crippen molar-refractivity contribution in [3.05, 3.63) is 244 Å². The minimum absolute atomic E-state index is 0. The second-order valence-electron chi connectivity index (χ2n) is 28.2. The van der Waals surface area contributed by atoms with Gasteiger partial charge < -0.3 is 51.4 Å². The number of aromatic amines is 4. The maximum atomic E-state index is 8.37. The van der Waals surface area contributed by atoms with E-state index in [1.807, 2.05) is 70.1 Å². The average Bonchev–Trinajstić information content (AvgIpc) is 1.66. The van der Waals surface area contributed by atoms with Gasteiger partial charge in [0.25, 0.3) is 0 Å². The zero-order valence-electron chi connectivity index (χ0n) is 57.6. The molecule has 2 bridgehead atoms. The van der Waals surface area contributed by atoms with Gasteiger partial charge in [-0.1, -0.05) is 104 Å². The molecular weight excluding hydrogens is 1340 g/mol. The molecule has 12 heterocycles. The summed E-state index contributed by atoms with van der Waals surface area (Å²) in [5.74, 6) is 0.857. The van der Waals surface area contributed by atoms with E-state index >= 15 is 0 Å².